The number of hydrogen-bond donors (Lipinski definition) is 2. The molecular weight excluding hydrogens is 264 g/mol. The van der Waals surface area contributed by atoms with E-state index < -0.39 is 0 Å². The van der Waals surface area contributed by atoms with Gasteiger partial charge in [0.2, 0.25) is 0 Å². The molecule has 0 radical (unpaired) electrons. The summed E-state index contributed by atoms with van der Waals surface area (Å²) in [4.78, 5) is 20.6. The van der Waals surface area contributed by atoms with Crippen LogP contribution in [0, 0.1) is 5.92 Å². The van der Waals surface area contributed by atoms with Gasteiger partial charge in [0, 0.05) is 12.6 Å². The van der Waals surface area contributed by atoms with Gasteiger partial charge in [-0.25, -0.2) is 9.97 Å². The Kier molecular flexibility index (Phi) is 5.96. The minimum absolute atomic E-state index is 0.107. The fourth-order valence-electron chi connectivity index (χ4n) is 2.76. The summed E-state index contributed by atoms with van der Waals surface area (Å²) < 4.78 is 0. The Bertz CT molecular complexity index is 438. The van der Waals surface area contributed by atoms with Crippen LogP contribution in [0.2, 0.25) is 0 Å². The molecule has 0 bridgehead atoms. The molecule has 1 aliphatic carbocycles. The van der Waals surface area contributed by atoms with Crippen molar-refractivity contribution in [3.8, 4) is 0 Å². The van der Waals surface area contributed by atoms with Crippen LogP contribution in [0.25, 0.3) is 0 Å². The van der Waals surface area contributed by atoms with Crippen molar-refractivity contribution in [2.45, 2.75) is 58.4 Å². The molecule has 0 aliphatic heterocycles. The lowest BCUT2D eigenvalue weighted by atomic mass is 9.84. The first-order chi connectivity index (χ1) is 10.2. The summed E-state index contributed by atoms with van der Waals surface area (Å²) in [6.07, 6.45) is 10.0. The van der Waals surface area contributed by atoms with Crippen LogP contribution >= 0.6 is 0 Å². The highest BCUT2D eigenvalue weighted by atomic mass is 16.1. The Hall–Kier alpha value is -1.65. The van der Waals surface area contributed by atoms with Gasteiger partial charge in [0.05, 0.1) is 12.4 Å². The van der Waals surface area contributed by atoms with Crippen molar-refractivity contribution < 1.29 is 4.79 Å². The molecule has 21 heavy (non-hydrogen) atoms. The minimum Gasteiger partial charge on any atom is -0.369 e. The van der Waals surface area contributed by atoms with E-state index in [2.05, 4.69) is 34.4 Å². The highest BCUT2D eigenvalue weighted by Crippen LogP contribution is 2.26. The zero-order valence-corrected chi connectivity index (χ0v) is 13.1. The fraction of sp³-hybridized carbons (Fsp3) is 0.688. The molecule has 0 aromatic carbocycles. The summed E-state index contributed by atoms with van der Waals surface area (Å²) in [6, 6.07) is 0.292. The van der Waals surface area contributed by atoms with E-state index in [1.54, 1.807) is 12.4 Å². The SMILES string of the molecule is CCCNc1cnc(C(=O)NC2CCC(CC)CC2)cn1. The van der Waals surface area contributed by atoms with E-state index in [0.29, 0.717) is 11.7 Å². The first-order valence-corrected chi connectivity index (χ1v) is 8.09. The molecule has 1 aromatic rings. The summed E-state index contributed by atoms with van der Waals surface area (Å²) in [5.41, 5.74) is 0.398. The minimum atomic E-state index is -0.107. The van der Waals surface area contributed by atoms with E-state index in [0.717, 1.165) is 37.5 Å². The molecule has 5 nitrogen and oxygen atoms in total. The molecule has 0 spiro atoms. The van der Waals surface area contributed by atoms with Crippen molar-refractivity contribution in [1.29, 1.82) is 0 Å². The summed E-state index contributed by atoms with van der Waals surface area (Å²) >= 11 is 0. The normalized spacial score (nSPS) is 21.8. The highest BCUT2D eigenvalue weighted by Gasteiger charge is 2.22. The predicted octanol–water partition coefficient (Wildman–Crippen LogP) is 3.00. The number of anilines is 1. The van der Waals surface area contributed by atoms with E-state index in [1.807, 2.05) is 0 Å². The van der Waals surface area contributed by atoms with Crippen molar-refractivity contribution >= 4 is 11.7 Å². The highest BCUT2D eigenvalue weighted by molar-refractivity contribution is 5.92. The molecule has 5 heteroatoms. The number of carbonyl (C=O) groups excluding carboxylic acids is 1. The second-order valence-electron chi connectivity index (χ2n) is 5.81. The van der Waals surface area contributed by atoms with Gasteiger partial charge in [0.15, 0.2) is 0 Å². The van der Waals surface area contributed by atoms with E-state index in [1.165, 1.54) is 19.3 Å². The lowest BCUT2D eigenvalue weighted by Crippen LogP contribution is -2.38. The number of amides is 1. The van der Waals surface area contributed by atoms with Gasteiger partial charge in [-0.2, -0.15) is 0 Å². The van der Waals surface area contributed by atoms with Crippen LogP contribution in [-0.2, 0) is 0 Å². The summed E-state index contributed by atoms with van der Waals surface area (Å²) in [5, 5.41) is 6.23. The van der Waals surface area contributed by atoms with E-state index >= 15 is 0 Å². The lowest BCUT2D eigenvalue weighted by Gasteiger charge is -2.28. The zero-order chi connectivity index (χ0) is 15.1. The van der Waals surface area contributed by atoms with Crippen LogP contribution in [0.5, 0.6) is 0 Å². The van der Waals surface area contributed by atoms with Gasteiger partial charge in [0.1, 0.15) is 11.5 Å². The second-order valence-corrected chi connectivity index (χ2v) is 5.81. The molecule has 2 rings (SSSR count). The topological polar surface area (TPSA) is 66.9 Å². The molecule has 1 saturated carbocycles. The first-order valence-electron chi connectivity index (χ1n) is 8.09. The van der Waals surface area contributed by atoms with Gasteiger partial charge in [-0.1, -0.05) is 20.3 Å². The maximum absolute atomic E-state index is 12.2. The first kappa shape index (κ1) is 15.7. The van der Waals surface area contributed by atoms with Gasteiger partial charge in [0.25, 0.3) is 5.91 Å². The van der Waals surface area contributed by atoms with Gasteiger partial charge in [-0.15, -0.1) is 0 Å². The van der Waals surface area contributed by atoms with E-state index in [9.17, 15) is 4.79 Å². The molecule has 116 valence electrons. The van der Waals surface area contributed by atoms with Crippen LogP contribution in [0.15, 0.2) is 12.4 Å². The van der Waals surface area contributed by atoms with Crippen molar-refractivity contribution in [3.63, 3.8) is 0 Å². The predicted molar refractivity (Wildman–Crippen MR) is 84.3 cm³/mol. The third kappa shape index (κ3) is 4.69. The quantitative estimate of drug-likeness (QED) is 0.845. The fourth-order valence-corrected chi connectivity index (χ4v) is 2.76. The molecule has 2 N–H and O–H groups in total. The Labute approximate surface area is 127 Å². The number of nitrogens with one attached hydrogen (secondary N) is 2. The molecule has 1 aliphatic rings. The van der Waals surface area contributed by atoms with Crippen LogP contribution < -0.4 is 10.6 Å². The monoisotopic (exact) mass is 290 g/mol. The molecule has 1 heterocycles. The Morgan fingerprint density at radius 1 is 1.19 bits per heavy atom. The number of hydrogen-bond acceptors (Lipinski definition) is 4. The number of nitrogens with zero attached hydrogens (tertiary/aromatic N) is 2. The third-order valence-electron chi connectivity index (χ3n) is 4.20. The molecule has 0 saturated heterocycles. The molecule has 1 amide bonds. The van der Waals surface area contributed by atoms with Crippen LogP contribution in [0.1, 0.15) is 62.9 Å². The number of rotatable bonds is 6. The Balaban J connectivity index is 1.83. The summed E-state index contributed by atoms with van der Waals surface area (Å²) in [6.45, 7) is 5.20. The third-order valence-corrected chi connectivity index (χ3v) is 4.20. The summed E-state index contributed by atoms with van der Waals surface area (Å²) in [5.74, 6) is 1.45. The van der Waals surface area contributed by atoms with Gasteiger partial charge < -0.3 is 10.6 Å². The number of aromatic nitrogens is 2. The van der Waals surface area contributed by atoms with E-state index in [-0.39, 0.29) is 5.91 Å². The van der Waals surface area contributed by atoms with Crippen LogP contribution in [0.4, 0.5) is 5.82 Å². The average molecular weight is 290 g/mol. The van der Waals surface area contributed by atoms with Crippen molar-refractivity contribution in [3.05, 3.63) is 18.1 Å². The van der Waals surface area contributed by atoms with Gasteiger partial charge >= 0.3 is 0 Å². The molecular formula is C16H26N4O. The lowest BCUT2D eigenvalue weighted by molar-refractivity contribution is 0.0916. The summed E-state index contributed by atoms with van der Waals surface area (Å²) in [7, 11) is 0. The van der Waals surface area contributed by atoms with E-state index in [4.69, 9.17) is 0 Å². The molecule has 0 atom stereocenters. The zero-order valence-electron chi connectivity index (χ0n) is 13.1. The van der Waals surface area contributed by atoms with Gasteiger partial charge in [-0.05, 0) is 38.0 Å². The average Bonchev–Trinajstić information content (AvgIpc) is 2.54. The maximum Gasteiger partial charge on any atom is 0.271 e. The Morgan fingerprint density at radius 2 is 1.95 bits per heavy atom. The standard InChI is InChI=1S/C16H26N4O/c1-3-9-17-15-11-18-14(10-19-15)16(21)20-13-7-5-12(4-2)6-8-13/h10-13H,3-9H2,1-2H3,(H,17,19)(H,20,21). The van der Waals surface area contributed by atoms with Crippen LogP contribution in [0.3, 0.4) is 0 Å². The maximum atomic E-state index is 12.2. The molecule has 0 unspecified atom stereocenters. The molecule has 1 fully saturated rings. The van der Waals surface area contributed by atoms with Crippen molar-refractivity contribution in [2.75, 3.05) is 11.9 Å². The van der Waals surface area contributed by atoms with Crippen molar-refractivity contribution in [1.82, 2.24) is 15.3 Å². The Morgan fingerprint density at radius 3 is 2.52 bits per heavy atom. The number of carbonyl (C=O) groups is 1. The van der Waals surface area contributed by atoms with Gasteiger partial charge in [-0.3, -0.25) is 4.79 Å². The molecule has 1 aromatic heterocycles. The smallest absolute Gasteiger partial charge is 0.271 e. The van der Waals surface area contributed by atoms with Crippen LogP contribution in [-0.4, -0.2) is 28.5 Å². The second kappa shape index (κ2) is 7.96. The van der Waals surface area contributed by atoms with Crippen molar-refractivity contribution in [2.24, 2.45) is 5.92 Å². The largest absolute Gasteiger partial charge is 0.369 e.